The number of nitrogens with zero attached hydrogens (tertiary/aromatic N) is 1. The number of carboxylic acid groups (broad SMARTS) is 1. The minimum Gasteiger partial charge on any atom is -0.480 e. The number of carboxylic acids is 1. The molecule has 1 aliphatic heterocycles. The van der Waals surface area contributed by atoms with Crippen LogP contribution >= 0.6 is 23.2 Å². The van der Waals surface area contributed by atoms with E-state index in [1.807, 2.05) is 0 Å². The maximum Gasteiger partial charge on any atom is 0.321 e. The van der Waals surface area contributed by atoms with Crippen LogP contribution in [0.3, 0.4) is 0 Å². The second-order valence-electron chi connectivity index (χ2n) is 6.00. The second kappa shape index (κ2) is 10.7. The molecule has 1 aliphatic rings. The molecule has 1 unspecified atom stereocenters. The van der Waals surface area contributed by atoms with E-state index in [1.165, 1.54) is 0 Å². The van der Waals surface area contributed by atoms with Crippen molar-refractivity contribution in [2.45, 2.75) is 18.9 Å². The molecular formula is C17H23Cl2N3O4. The van der Waals surface area contributed by atoms with E-state index in [0.29, 0.717) is 16.6 Å². The molecule has 9 heteroatoms. The number of hydrogen-bond donors (Lipinski definition) is 3. The van der Waals surface area contributed by atoms with Crippen molar-refractivity contribution in [3.8, 4) is 0 Å². The van der Waals surface area contributed by atoms with E-state index in [-0.39, 0.29) is 12.1 Å². The summed E-state index contributed by atoms with van der Waals surface area (Å²) in [6, 6.07) is 3.89. The van der Waals surface area contributed by atoms with E-state index in [1.54, 1.807) is 18.2 Å². The smallest absolute Gasteiger partial charge is 0.321 e. The van der Waals surface area contributed by atoms with Crippen molar-refractivity contribution < 1.29 is 19.4 Å². The molecule has 1 fully saturated rings. The third-order valence-corrected chi connectivity index (χ3v) is 4.69. The molecule has 1 aromatic carbocycles. The van der Waals surface area contributed by atoms with Crippen LogP contribution in [0.15, 0.2) is 18.2 Å². The Morgan fingerprint density at radius 3 is 2.50 bits per heavy atom. The quantitative estimate of drug-likeness (QED) is 0.546. The van der Waals surface area contributed by atoms with Gasteiger partial charge in [-0.3, -0.25) is 14.5 Å². The van der Waals surface area contributed by atoms with Gasteiger partial charge in [-0.1, -0.05) is 29.3 Å². The predicted octanol–water partition coefficient (Wildman–Crippen LogP) is 2.09. The number of halogens is 2. The Balaban J connectivity index is 1.77. The number of para-hydroxylation sites is 1. The molecule has 1 heterocycles. The van der Waals surface area contributed by atoms with E-state index in [0.717, 1.165) is 39.3 Å². The SMILES string of the molecule is O=C(CC(NCCCN1CCOCC1)C(=O)O)Nc1c(Cl)cccc1Cl. The van der Waals surface area contributed by atoms with Crippen molar-refractivity contribution >= 4 is 40.8 Å². The van der Waals surface area contributed by atoms with Crippen molar-refractivity contribution in [3.63, 3.8) is 0 Å². The predicted molar refractivity (Wildman–Crippen MR) is 101 cm³/mol. The van der Waals surface area contributed by atoms with Crippen LogP contribution in [0, 0.1) is 0 Å². The molecule has 0 aliphatic carbocycles. The van der Waals surface area contributed by atoms with Gasteiger partial charge in [0.1, 0.15) is 6.04 Å². The minimum atomic E-state index is -1.07. The average Bonchev–Trinajstić information content (AvgIpc) is 2.61. The van der Waals surface area contributed by atoms with Gasteiger partial charge in [0, 0.05) is 13.1 Å². The highest BCUT2D eigenvalue weighted by atomic mass is 35.5. The van der Waals surface area contributed by atoms with Gasteiger partial charge in [0.25, 0.3) is 0 Å². The molecule has 0 saturated carbocycles. The molecule has 0 radical (unpaired) electrons. The lowest BCUT2D eigenvalue weighted by molar-refractivity contribution is -0.141. The average molecular weight is 404 g/mol. The lowest BCUT2D eigenvalue weighted by atomic mass is 10.2. The number of ether oxygens (including phenoxy) is 1. The van der Waals surface area contributed by atoms with Gasteiger partial charge in [0.2, 0.25) is 5.91 Å². The van der Waals surface area contributed by atoms with Gasteiger partial charge in [-0.15, -0.1) is 0 Å². The minimum absolute atomic E-state index is 0.214. The van der Waals surface area contributed by atoms with E-state index >= 15 is 0 Å². The summed E-state index contributed by atoms with van der Waals surface area (Å²) >= 11 is 12.0. The molecule has 1 aromatic rings. The van der Waals surface area contributed by atoms with Crippen LogP contribution in [0.1, 0.15) is 12.8 Å². The first-order valence-electron chi connectivity index (χ1n) is 8.47. The summed E-state index contributed by atoms with van der Waals surface area (Å²) in [5.74, 6) is -1.54. The van der Waals surface area contributed by atoms with E-state index in [9.17, 15) is 14.7 Å². The lowest BCUT2D eigenvalue weighted by Crippen LogP contribution is -2.42. The number of carbonyl (C=O) groups excluding carboxylic acids is 1. The van der Waals surface area contributed by atoms with Crippen molar-refractivity contribution in [1.29, 1.82) is 0 Å². The number of anilines is 1. The third-order valence-electron chi connectivity index (χ3n) is 4.06. The number of amides is 1. The van der Waals surface area contributed by atoms with Crippen molar-refractivity contribution in [1.82, 2.24) is 10.2 Å². The maximum absolute atomic E-state index is 12.2. The summed E-state index contributed by atoms with van der Waals surface area (Å²) in [6.07, 6.45) is 0.580. The highest BCUT2D eigenvalue weighted by Gasteiger charge is 2.21. The van der Waals surface area contributed by atoms with Crippen LogP contribution < -0.4 is 10.6 Å². The number of hydrogen-bond acceptors (Lipinski definition) is 5. The molecule has 7 nitrogen and oxygen atoms in total. The molecule has 1 atom stereocenters. The second-order valence-corrected chi connectivity index (χ2v) is 6.82. The van der Waals surface area contributed by atoms with Gasteiger partial charge in [0.05, 0.1) is 35.4 Å². The molecular weight excluding hydrogens is 381 g/mol. The molecule has 26 heavy (non-hydrogen) atoms. The van der Waals surface area contributed by atoms with Crippen molar-refractivity contribution in [2.24, 2.45) is 0 Å². The number of morpholine rings is 1. The lowest BCUT2D eigenvalue weighted by Gasteiger charge is -2.26. The van der Waals surface area contributed by atoms with Gasteiger partial charge >= 0.3 is 5.97 Å². The van der Waals surface area contributed by atoms with Crippen LogP contribution in [-0.4, -0.2) is 67.3 Å². The first-order valence-corrected chi connectivity index (χ1v) is 9.23. The molecule has 3 N–H and O–H groups in total. The van der Waals surface area contributed by atoms with Crippen LogP contribution in [0.4, 0.5) is 5.69 Å². The summed E-state index contributed by atoms with van der Waals surface area (Å²) in [5, 5.41) is 15.4. The Kier molecular flexibility index (Phi) is 8.61. The standard InChI is InChI=1S/C17H23Cl2N3O4/c18-12-3-1-4-13(19)16(12)21-15(23)11-14(17(24)25)20-5-2-6-22-7-9-26-10-8-22/h1,3-4,14,20H,2,5-11H2,(H,21,23)(H,24,25). The molecule has 1 amide bonds. The monoisotopic (exact) mass is 403 g/mol. The topological polar surface area (TPSA) is 90.9 Å². The Hall–Kier alpha value is -1.38. The zero-order chi connectivity index (χ0) is 18.9. The normalized spacial score (nSPS) is 16.2. The number of benzene rings is 1. The first-order chi connectivity index (χ1) is 12.5. The molecule has 1 saturated heterocycles. The number of rotatable bonds is 9. The largest absolute Gasteiger partial charge is 0.480 e. The van der Waals surface area contributed by atoms with Crippen LogP contribution in [-0.2, 0) is 14.3 Å². The fourth-order valence-corrected chi connectivity index (χ4v) is 3.14. The Labute approximate surface area is 162 Å². The Morgan fingerprint density at radius 2 is 1.88 bits per heavy atom. The van der Waals surface area contributed by atoms with Gasteiger partial charge in [0.15, 0.2) is 0 Å². The fourth-order valence-electron chi connectivity index (χ4n) is 2.64. The number of carbonyl (C=O) groups is 2. The van der Waals surface area contributed by atoms with Gasteiger partial charge in [-0.25, -0.2) is 0 Å². The van der Waals surface area contributed by atoms with E-state index in [4.69, 9.17) is 27.9 Å². The van der Waals surface area contributed by atoms with Gasteiger partial charge in [-0.2, -0.15) is 0 Å². The van der Waals surface area contributed by atoms with Crippen molar-refractivity contribution in [2.75, 3.05) is 44.7 Å². The first kappa shape index (κ1) is 20.9. The van der Waals surface area contributed by atoms with Crippen molar-refractivity contribution in [3.05, 3.63) is 28.2 Å². The maximum atomic E-state index is 12.2. The highest BCUT2D eigenvalue weighted by molar-refractivity contribution is 6.39. The fraction of sp³-hybridized carbons (Fsp3) is 0.529. The Bertz CT molecular complexity index is 604. The summed E-state index contributed by atoms with van der Waals surface area (Å²) in [7, 11) is 0. The summed E-state index contributed by atoms with van der Waals surface area (Å²) in [5.41, 5.74) is 0.289. The molecule has 0 aromatic heterocycles. The zero-order valence-corrected chi connectivity index (χ0v) is 15.9. The summed E-state index contributed by atoms with van der Waals surface area (Å²) < 4.78 is 5.29. The number of aliphatic carboxylic acids is 1. The summed E-state index contributed by atoms with van der Waals surface area (Å²) in [6.45, 7) is 4.62. The summed E-state index contributed by atoms with van der Waals surface area (Å²) in [4.78, 5) is 25.8. The Morgan fingerprint density at radius 1 is 1.23 bits per heavy atom. The van der Waals surface area contributed by atoms with Crippen LogP contribution in [0.5, 0.6) is 0 Å². The third kappa shape index (κ3) is 6.74. The molecule has 0 spiro atoms. The van der Waals surface area contributed by atoms with E-state index < -0.39 is 17.9 Å². The highest BCUT2D eigenvalue weighted by Crippen LogP contribution is 2.29. The molecule has 2 rings (SSSR count). The molecule has 144 valence electrons. The number of nitrogens with one attached hydrogen (secondary N) is 2. The van der Waals surface area contributed by atoms with Gasteiger partial charge < -0.3 is 20.5 Å². The molecule has 0 bridgehead atoms. The van der Waals surface area contributed by atoms with Crippen LogP contribution in [0.2, 0.25) is 10.0 Å². The van der Waals surface area contributed by atoms with Gasteiger partial charge in [-0.05, 0) is 31.6 Å². The van der Waals surface area contributed by atoms with E-state index in [2.05, 4.69) is 15.5 Å². The zero-order valence-electron chi connectivity index (χ0n) is 14.3. The van der Waals surface area contributed by atoms with Crippen LogP contribution in [0.25, 0.3) is 0 Å².